The summed E-state index contributed by atoms with van der Waals surface area (Å²) in [6.45, 7) is 1.86. The normalized spacial score (nSPS) is 14.2. The molecule has 2 heteroatoms. The van der Waals surface area contributed by atoms with E-state index in [0.29, 0.717) is 0 Å². The highest BCUT2D eigenvalue weighted by Gasteiger charge is 2.36. The van der Waals surface area contributed by atoms with Crippen molar-refractivity contribution in [1.29, 1.82) is 0 Å². The zero-order valence-corrected chi connectivity index (χ0v) is 16.1. The third kappa shape index (κ3) is 2.65. The van der Waals surface area contributed by atoms with E-state index in [4.69, 9.17) is 0 Å². The molecule has 0 saturated heterocycles. The number of fused-ring (bicyclic) bond motifs is 6. The minimum atomic E-state index is -0.840. The second-order valence-corrected chi connectivity index (χ2v) is 7.58. The summed E-state index contributed by atoms with van der Waals surface area (Å²) in [5.74, 6) is 0.149. The molecule has 0 fully saturated rings. The van der Waals surface area contributed by atoms with E-state index in [2.05, 4.69) is 12.1 Å². The van der Waals surface area contributed by atoms with Gasteiger partial charge in [0, 0.05) is 11.1 Å². The molecule has 0 radical (unpaired) electrons. The summed E-state index contributed by atoms with van der Waals surface area (Å²) < 4.78 is 0. The Morgan fingerprint density at radius 2 is 0.828 bits per heavy atom. The summed E-state index contributed by atoms with van der Waals surface area (Å²) in [5, 5.41) is 10.5. The standard InChI is InChI=1S/C14H12O.C13H8O/c1-14(15)12-8-4-2-6-10(12)11-7-3-5-9-13(11)14;14-13-11-7-3-1-5-9(11)10-6-2-4-8-12(10)13/h2-9,15H,1H3;1-8H. The van der Waals surface area contributed by atoms with Crippen LogP contribution in [-0.4, -0.2) is 10.9 Å². The zero-order chi connectivity index (χ0) is 20.0. The first kappa shape index (κ1) is 17.6. The molecule has 0 amide bonds. The highest BCUT2D eigenvalue weighted by molar-refractivity contribution is 6.21. The van der Waals surface area contributed by atoms with Gasteiger partial charge in [-0.3, -0.25) is 4.79 Å². The van der Waals surface area contributed by atoms with Crippen LogP contribution in [0.25, 0.3) is 22.3 Å². The van der Waals surface area contributed by atoms with Gasteiger partial charge in [-0.05, 0) is 40.3 Å². The van der Waals surface area contributed by atoms with Gasteiger partial charge in [0.25, 0.3) is 0 Å². The van der Waals surface area contributed by atoms with Crippen molar-refractivity contribution in [2.24, 2.45) is 0 Å². The molecule has 140 valence electrons. The largest absolute Gasteiger partial charge is 0.381 e. The first-order valence-corrected chi connectivity index (χ1v) is 9.74. The van der Waals surface area contributed by atoms with Crippen molar-refractivity contribution in [3.63, 3.8) is 0 Å². The number of ketones is 1. The van der Waals surface area contributed by atoms with Crippen molar-refractivity contribution in [3.8, 4) is 22.3 Å². The maximum Gasteiger partial charge on any atom is 0.194 e. The van der Waals surface area contributed by atoms with Crippen molar-refractivity contribution < 1.29 is 9.90 Å². The fraction of sp³-hybridized carbons (Fsp3) is 0.0741. The summed E-state index contributed by atoms with van der Waals surface area (Å²) in [6.07, 6.45) is 0. The third-order valence-electron chi connectivity index (χ3n) is 5.83. The van der Waals surface area contributed by atoms with E-state index in [1.54, 1.807) is 0 Å². The van der Waals surface area contributed by atoms with Gasteiger partial charge in [-0.2, -0.15) is 0 Å². The molecule has 0 unspecified atom stereocenters. The van der Waals surface area contributed by atoms with Crippen LogP contribution >= 0.6 is 0 Å². The molecular formula is C27H20O2. The molecule has 0 bridgehead atoms. The van der Waals surface area contributed by atoms with Crippen LogP contribution in [0.3, 0.4) is 0 Å². The lowest BCUT2D eigenvalue weighted by Gasteiger charge is -2.19. The average molecular weight is 376 g/mol. The lowest BCUT2D eigenvalue weighted by atomic mass is 9.94. The molecule has 0 heterocycles. The Bertz CT molecular complexity index is 1160. The molecule has 29 heavy (non-hydrogen) atoms. The van der Waals surface area contributed by atoms with Crippen LogP contribution in [0.2, 0.25) is 0 Å². The number of benzene rings is 4. The molecule has 0 saturated carbocycles. The van der Waals surface area contributed by atoms with Crippen LogP contribution < -0.4 is 0 Å². The fourth-order valence-corrected chi connectivity index (χ4v) is 4.41. The maximum absolute atomic E-state index is 11.9. The predicted octanol–water partition coefficient (Wildman–Crippen LogP) is 5.82. The van der Waals surface area contributed by atoms with E-state index in [9.17, 15) is 9.90 Å². The molecular weight excluding hydrogens is 356 g/mol. The Labute approximate surface area is 170 Å². The molecule has 0 aliphatic heterocycles. The van der Waals surface area contributed by atoms with Gasteiger partial charge in [0.2, 0.25) is 0 Å². The van der Waals surface area contributed by atoms with Crippen LogP contribution in [0.1, 0.15) is 34.0 Å². The summed E-state index contributed by atoms with van der Waals surface area (Å²) >= 11 is 0. The van der Waals surface area contributed by atoms with Crippen molar-refractivity contribution in [2.45, 2.75) is 12.5 Å². The van der Waals surface area contributed by atoms with Gasteiger partial charge in [0.1, 0.15) is 5.60 Å². The highest BCUT2D eigenvalue weighted by Crippen LogP contribution is 2.46. The Morgan fingerprint density at radius 1 is 0.517 bits per heavy atom. The van der Waals surface area contributed by atoms with Crippen molar-refractivity contribution in [1.82, 2.24) is 0 Å². The molecule has 0 atom stereocenters. The molecule has 2 aliphatic rings. The van der Waals surface area contributed by atoms with Gasteiger partial charge in [-0.15, -0.1) is 0 Å². The molecule has 6 rings (SSSR count). The maximum atomic E-state index is 11.9. The highest BCUT2D eigenvalue weighted by atomic mass is 16.3. The molecule has 2 nitrogen and oxygen atoms in total. The topological polar surface area (TPSA) is 37.3 Å². The molecule has 0 spiro atoms. The van der Waals surface area contributed by atoms with Crippen LogP contribution in [0, 0.1) is 0 Å². The minimum Gasteiger partial charge on any atom is -0.381 e. The van der Waals surface area contributed by atoms with Crippen molar-refractivity contribution in [3.05, 3.63) is 119 Å². The van der Waals surface area contributed by atoms with E-state index in [0.717, 1.165) is 44.5 Å². The fourth-order valence-electron chi connectivity index (χ4n) is 4.41. The number of hydrogen-bond donors (Lipinski definition) is 1. The smallest absolute Gasteiger partial charge is 0.194 e. The number of rotatable bonds is 0. The van der Waals surface area contributed by atoms with Crippen LogP contribution in [-0.2, 0) is 5.60 Å². The monoisotopic (exact) mass is 376 g/mol. The Balaban J connectivity index is 0.000000125. The molecule has 1 N–H and O–H groups in total. The van der Waals surface area contributed by atoms with Crippen molar-refractivity contribution in [2.75, 3.05) is 0 Å². The molecule has 4 aromatic carbocycles. The Kier molecular flexibility index (Phi) is 3.97. The van der Waals surface area contributed by atoms with Gasteiger partial charge >= 0.3 is 0 Å². The van der Waals surface area contributed by atoms with Gasteiger partial charge in [-0.25, -0.2) is 0 Å². The minimum absolute atomic E-state index is 0.149. The predicted molar refractivity (Wildman–Crippen MR) is 116 cm³/mol. The summed E-state index contributed by atoms with van der Waals surface area (Å²) in [6, 6.07) is 31.6. The number of aliphatic hydroxyl groups is 1. The van der Waals surface area contributed by atoms with E-state index in [1.807, 2.05) is 91.9 Å². The van der Waals surface area contributed by atoms with E-state index < -0.39 is 5.60 Å². The number of hydrogen-bond acceptors (Lipinski definition) is 2. The third-order valence-corrected chi connectivity index (χ3v) is 5.83. The zero-order valence-electron chi connectivity index (χ0n) is 16.1. The summed E-state index contributed by atoms with van der Waals surface area (Å²) in [5.41, 5.74) is 7.25. The van der Waals surface area contributed by atoms with E-state index in [1.165, 1.54) is 0 Å². The van der Waals surface area contributed by atoms with Crippen LogP contribution in [0.4, 0.5) is 0 Å². The lowest BCUT2D eigenvalue weighted by Crippen LogP contribution is -2.18. The average Bonchev–Trinajstić information content (AvgIpc) is 3.19. The number of carbonyl (C=O) groups excluding carboxylic acids is 1. The van der Waals surface area contributed by atoms with Gasteiger partial charge in [0.05, 0.1) is 0 Å². The first-order chi connectivity index (χ1) is 14.1. The molecule has 2 aliphatic carbocycles. The van der Waals surface area contributed by atoms with Crippen molar-refractivity contribution >= 4 is 5.78 Å². The number of carbonyl (C=O) groups is 1. The summed E-state index contributed by atoms with van der Waals surface area (Å²) in [4.78, 5) is 11.9. The van der Waals surface area contributed by atoms with Gasteiger partial charge in [0.15, 0.2) is 5.78 Å². The van der Waals surface area contributed by atoms with E-state index in [-0.39, 0.29) is 5.78 Å². The SMILES string of the molecule is CC1(O)c2ccccc2-c2ccccc21.O=C1c2ccccc2-c2ccccc21. The van der Waals surface area contributed by atoms with E-state index >= 15 is 0 Å². The Hall–Kier alpha value is -3.49. The quantitative estimate of drug-likeness (QED) is 0.370. The first-order valence-electron chi connectivity index (χ1n) is 9.74. The second-order valence-electron chi connectivity index (χ2n) is 7.58. The van der Waals surface area contributed by atoms with Crippen LogP contribution in [0.5, 0.6) is 0 Å². The van der Waals surface area contributed by atoms with Gasteiger partial charge in [-0.1, -0.05) is 97.1 Å². The van der Waals surface area contributed by atoms with Gasteiger partial charge < -0.3 is 5.11 Å². The molecule has 4 aromatic rings. The Morgan fingerprint density at radius 3 is 1.24 bits per heavy atom. The second kappa shape index (κ2) is 6.54. The van der Waals surface area contributed by atoms with Crippen LogP contribution in [0.15, 0.2) is 97.1 Å². The lowest BCUT2D eigenvalue weighted by molar-refractivity contribution is 0.104. The molecule has 0 aromatic heterocycles. The summed E-state index contributed by atoms with van der Waals surface area (Å²) in [7, 11) is 0.